The van der Waals surface area contributed by atoms with Crippen molar-refractivity contribution in [2.24, 2.45) is 0 Å². The summed E-state index contributed by atoms with van der Waals surface area (Å²) in [5.41, 5.74) is 0. The van der Waals surface area contributed by atoms with Crippen LogP contribution in [0.1, 0.15) is 13.3 Å². The van der Waals surface area contributed by atoms with Crippen molar-refractivity contribution in [2.45, 2.75) is 19.4 Å². The van der Waals surface area contributed by atoms with Gasteiger partial charge in [0.25, 0.3) is 0 Å². The maximum absolute atomic E-state index is 10.8. The molecule has 4 heteroatoms. The minimum absolute atomic E-state index is 0.0631. The van der Waals surface area contributed by atoms with E-state index in [1.54, 1.807) is 6.92 Å². The fourth-order valence-corrected chi connectivity index (χ4v) is 1.82. The van der Waals surface area contributed by atoms with Gasteiger partial charge in [0.1, 0.15) is 0 Å². The topological polar surface area (TPSA) is 32.3 Å². The molecule has 0 aromatic carbocycles. The lowest BCUT2D eigenvalue weighted by Gasteiger charge is -2.13. The number of nitrogens with zero attached hydrogens (tertiary/aromatic N) is 1. The number of alkyl halides is 1. The van der Waals surface area contributed by atoms with Gasteiger partial charge in [-0.1, -0.05) is 12.2 Å². The number of rotatable bonds is 4. The minimum Gasteiger partial charge on any atom is -0.352 e. The Bertz CT molecular complexity index is 218. The van der Waals surface area contributed by atoms with E-state index in [9.17, 15) is 4.79 Å². The molecule has 0 saturated carbocycles. The van der Waals surface area contributed by atoms with Crippen LogP contribution in [0.3, 0.4) is 0 Å². The number of amides is 1. The number of halogens is 1. The van der Waals surface area contributed by atoms with Gasteiger partial charge in [-0.2, -0.15) is 0 Å². The standard InChI is InChI=1S/C10H17ClN2O/c1-9(14)12-10-4-7-13(8-10)6-3-2-5-11/h2-3,10H,4-8H2,1H3,(H,12,14)/b3-2+. The maximum Gasteiger partial charge on any atom is 0.217 e. The third kappa shape index (κ3) is 4.11. The maximum atomic E-state index is 10.8. The van der Waals surface area contributed by atoms with Gasteiger partial charge >= 0.3 is 0 Å². The van der Waals surface area contributed by atoms with E-state index in [1.165, 1.54) is 0 Å². The Hall–Kier alpha value is -0.540. The first-order valence-electron chi connectivity index (χ1n) is 4.93. The van der Waals surface area contributed by atoms with E-state index < -0.39 is 0 Å². The average Bonchev–Trinajstić information content (AvgIpc) is 2.52. The van der Waals surface area contributed by atoms with E-state index in [0.29, 0.717) is 11.9 Å². The van der Waals surface area contributed by atoms with Gasteiger partial charge in [0.15, 0.2) is 0 Å². The third-order valence-electron chi connectivity index (χ3n) is 2.30. The Labute approximate surface area is 90.1 Å². The van der Waals surface area contributed by atoms with Gasteiger partial charge < -0.3 is 5.32 Å². The predicted octanol–water partition coefficient (Wildman–Crippen LogP) is 0.992. The SMILES string of the molecule is CC(=O)NC1CCN(C/C=C/CCl)C1. The Balaban J connectivity index is 2.20. The van der Waals surface area contributed by atoms with Gasteiger partial charge in [-0.15, -0.1) is 11.6 Å². The lowest BCUT2D eigenvalue weighted by Crippen LogP contribution is -2.35. The molecule has 0 radical (unpaired) electrons. The van der Waals surface area contributed by atoms with Crippen LogP contribution in [0, 0.1) is 0 Å². The molecule has 0 aromatic rings. The lowest BCUT2D eigenvalue weighted by atomic mass is 10.3. The van der Waals surface area contributed by atoms with E-state index in [4.69, 9.17) is 11.6 Å². The lowest BCUT2D eigenvalue weighted by molar-refractivity contribution is -0.119. The molecule has 1 aliphatic rings. The van der Waals surface area contributed by atoms with Crippen molar-refractivity contribution in [3.05, 3.63) is 12.2 Å². The van der Waals surface area contributed by atoms with Crippen molar-refractivity contribution in [1.29, 1.82) is 0 Å². The largest absolute Gasteiger partial charge is 0.352 e. The summed E-state index contributed by atoms with van der Waals surface area (Å²) in [5.74, 6) is 0.635. The van der Waals surface area contributed by atoms with Gasteiger partial charge in [0.05, 0.1) is 0 Å². The zero-order valence-corrected chi connectivity index (χ0v) is 9.26. The van der Waals surface area contributed by atoms with Gasteiger partial charge in [-0.25, -0.2) is 0 Å². The van der Waals surface area contributed by atoms with Crippen LogP contribution in [0.4, 0.5) is 0 Å². The van der Waals surface area contributed by atoms with Crippen LogP contribution < -0.4 is 5.32 Å². The number of hydrogen-bond acceptors (Lipinski definition) is 2. The molecule has 1 rings (SSSR count). The monoisotopic (exact) mass is 216 g/mol. The van der Waals surface area contributed by atoms with Crippen LogP contribution in [-0.2, 0) is 4.79 Å². The summed E-state index contributed by atoms with van der Waals surface area (Å²) in [4.78, 5) is 13.1. The van der Waals surface area contributed by atoms with E-state index in [2.05, 4.69) is 16.3 Å². The highest BCUT2D eigenvalue weighted by Crippen LogP contribution is 2.08. The van der Waals surface area contributed by atoms with Gasteiger partial charge in [-0.3, -0.25) is 9.69 Å². The van der Waals surface area contributed by atoms with Gasteiger partial charge in [0, 0.05) is 38.5 Å². The fourth-order valence-electron chi connectivity index (χ4n) is 1.69. The third-order valence-corrected chi connectivity index (χ3v) is 2.48. The summed E-state index contributed by atoms with van der Waals surface area (Å²) in [7, 11) is 0. The fraction of sp³-hybridized carbons (Fsp3) is 0.700. The predicted molar refractivity (Wildman–Crippen MR) is 58.5 cm³/mol. The van der Waals surface area contributed by atoms with Crippen LogP contribution in [-0.4, -0.2) is 42.4 Å². The molecular weight excluding hydrogens is 200 g/mol. The second-order valence-electron chi connectivity index (χ2n) is 3.57. The molecule has 1 saturated heterocycles. The smallest absolute Gasteiger partial charge is 0.217 e. The normalized spacial score (nSPS) is 23.1. The van der Waals surface area contributed by atoms with E-state index >= 15 is 0 Å². The molecule has 80 valence electrons. The zero-order valence-electron chi connectivity index (χ0n) is 8.50. The minimum atomic E-state index is 0.0631. The van der Waals surface area contributed by atoms with E-state index in [1.807, 2.05) is 6.08 Å². The molecule has 3 nitrogen and oxygen atoms in total. The summed E-state index contributed by atoms with van der Waals surface area (Å²) in [6, 6.07) is 0.330. The summed E-state index contributed by atoms with van der Waals surface area (Å²) in [5, 5.41) is 2.93. The van der Waals surface area contributed by atoms with E-state index in [-0.39, 0.29) is 5.91 Å². The molecule has 14 heavy (non-hydrogen) atoms. The quantitative estimate of drug-likeness (QED) is 0.562. The summed E-state index contributed by atoms with van der Waals surface area (Å²) < 4.78 is 0. The van der Waals surface area contributed by atoms with Crippen molar-refractivity contribution in [1.82, 2.24) is 10.2 Å². The summed E-state index contributed by atoms with van der Waals surface area (Å²) >= 11 is 5.52. The Morgan fingerprint density at radius 2 is 2.43 bits per heavy atom. The highest BCUT2D eigenvalue weighted by atomic mass is 35.5. The van der Waals surface area contributed by atoms with Crippen LogP contribution in [0.2, 0.25) is 0 Å². The molecule has 1 N–H and O–H groups in total. The molecule has 0 aromatic heterocycles. The highest BCUT2D eigenvalue weighted by molar-refractivity contribution is 6.18. The second-order valence-corrected chi connectivity index (χ2v) is 3.88. The van der Waals surface area contributed by atoms with Crippen molar-refractivity contribution in [3.8, 4) is 0 Å². The number of allylic oxidation sites excluding steroid dienone is 1. The van der Waals surface area contributed by atoms with Crippen molar-refractivity contribution in [3.63, 3.8) is 0 Å². The Kier molecular flexibility index (Phi) is 4.98. The number of hydrogen-bond donors (Lipinski definition) is 1. The Morgan fingerprint density at radius 3 is 3.07 bits per heavy atom. The Morgan fingerprint density at radius 1 is 1.64 bits per heavy atom. The van der Waals surface area contributed by atoms with Gasteiger partial charge in [-0.05, 0) is 6.42 Å². The molecule has 1 amide bonds. The first-order valence-corrected chi connectivity index (χ1v) is 5.46. The van der Waals surface area contributed by atoms with Crippen LogP contribution in [0.15, 0.2) is 12.2 Å². The van der Waals surface area contributed by atoms with Crippen molar-refractivity contribution >= 4 is 17.5 Å². The molecular formula is C10H17ClN2O. The first-order chi connectivity index (χ1) is 6.72. The van der Waals surface area contributed by atoms with Crippen molar-refractivity contribution in [2.75, 3.05) is 25.5 Å². The second kappa shape index (κ2) is 6.04. The van der Waals surface area contributed by atoms with Crippen molar-refractivity contribution < 1.29 is 4.79 Å². The number of carbonyl (C=O) groups excluding carboxylic acids is 1. The average molecular weight is 217 g/mol. The number of likely N-dealkylation sites (tertiary alicyclic amines) is 1. The number of carbonyl (C=O) groups is 1. The number of nitrogens with one attached hydrogen (secondary N) is 1. The molecule has 1 aliphatic heterocycles. The zero-order chi connectivity index (χ0) is 10.4. The molecule has 1 heterocycles. The summed E-state index contributed by atoms with van der Waals surface area (Å²) in [6.07, 6.45) is 5.07. The molecule has 0 aliphatic carbocycles. The van der Waals surface area contributed by atoms with Crippen LogP contribution >= 0.6 is 11.6 Å². The molecule has 1 unspecified atom stereocenters. The molecule has 1 fully saturated rings. The highest BCUT2D eigenvalue weighted by Gasteiger charge is 2.21. The van der Waals surface area contributed by atoms with E-state index in [0.717, 1.165) is 26.1 Å². The molecule has 1 atom stereocenters. The van der Waals surface area contributed by atoms with Crippen LogP contribution in [0.5, 0.6) is 0 Å². The first kappa shape index (κ1) is 11.5. The van der Waals surface area contributed by atoms with Crippen LogP contribution in [0.25, 0.3) is 0 Å². The molecule has 0 bridgehead atoms. The summed E-state index contributed by atoms with van der Waals surface area (Å²) in [6.45, 7) is 4.50. The molecule has 0 spiro atoms. The van der Waals surface area contributed by atoms with Gasteiger partial charge in [0.2, 0.25) is 5.91 Å².